The van der Waals surface area contributed by atoms with Crippen molar-refractivity contribution in [1.29, 1.82) is 0 Å². The van der Waals surface area contributed by atoms with Crippen LogP contribution >= 0.6 is 0 Å². The van der Waals surface area contributed by atoms with E-state index in [-0.39, 0.29) is 23.7 Å². The Morgan fingerprint density at radius 3 is 2.66 bits per heavy atom. The van der Waals surface area contributed by atoms with Crippen LogP contribution in [0, 0.1) is 5.82 Å². The normalized spacial score (nSPS) is 18.3. The number of ether oxygens (including phenoxy) is 1. The third-order valence-electron chi connectivity index (χ3n) is 5.55. The van der Waals surface area contributed by atoms with Crippen LogP contribution in [0.3, 0.4) is 0 Å². The number of rotatable bonds is 3. The van der Waals surface area contributed by atoms with Crippen LogP contribution < -0.4 is 10.2 Å². The zero-order valence-electron chi connectivity index (χ0n) is 16.2. The van der Waals surface area contributed by atoms with E-state index < -0.39 is 0 Å². The zero-order chi connectivity index (χ0) is 20.4. The summed E-state index contributed by atoms with van der Waals surface area (Å²) in [5.74, 6) is 0.166. The van der Waals surface area contributed by atoms with Gasteiger partial charge in [-0.3, -0.25) is 4.79 Å². The van der Waals surface area contributed by atoms with Crippen molar-refractivity contribution >= 4 is 23.5 Å². The summed E-state index contributed by atoms with van der Waals surface area (Å²) < 4.78 is 18.1. The number of aryl methyl sites for hydroxylation is 1. The van der Waals surface area contributed by atoms with Crippen molar-refractivity contribution < 1.29 is 18.7 Å². The standard InChI is InChI=1S/C21H23FN4O3/c1-29-21(28)26-10-8-25(9-11-26)19-7-4-16(13-23-19)24-20(27)18-5-2-14-12-15(22)3-6-17(14)18/h3-4,6-7,12-13,18H,2,5,8-11H2,1H3,(H,24,27). The molecule has 29 heavy (non-hydrogen) atoms. The summed E-state index contributed by atoms with van der Waals surface area (Å²) in [6.07, 6.45) is 2.72. The first-order chi connectivity index (χ1) is 14.0. The third kappa shape index (κ3) is 4.01. The van der Waals surface area contributed by atoms with E-state index in [0.717, 1.165) is 16.9 Å². The topological polar surface area (TPSA) is 74.8 Å². The molecule has 0 radical (unpaired) electrons. The van der Waals surface area contributed by atoms with Gasteiger partial charge < -0.3 is 19.9 Å². The lowest BCUT2D eigenvalue weighted by Gasteiger charge is -2.34. The quantitative estimate of drug-likeness (QED) is 0.861. The Balaban J connectivity index is 1.36. The molecule has 1 fully saturated rings. The largest absolute Gasteiger partial charge is 0.453 e. The molecule has 4 rings (SSSR count). The smallest absolute Gasteiger partial charge is 0.409 e. The van der Waals surface area contributed by atoms with Gasteiger partial charge in [0.15, 0.2) is 0 Å². The Hall–Kier alpha value is -3.16. The number of nitrogens with zero attached hydrogens (tertiary/aromatic N) is 3. The van der Waals surface area contributed by atoms with Crippen LogP contribution in [0.2, 0.25) is 0 Å². The summed E-state index contributed by atoms with van der Waals surface area (Å²) in [6, 6.07) is 8.31. The maximum absolute atomic E-state index is 13.4. The maximum atomic E-state index is 13.4. The molecule has 2 aromatic rings. The van der Waals surface area contributed by atoms with Crippen molar-refractivity contribution in [2.75, 3.05) is 43.5 Å². The Morgan fingerprint density at radius 2 is 1.97 bits per heavy atom. The Labute approximate surface area is 168 Å². The van der Waals surface area contributed by atoms with Crippen molar-refractivity contribution in [2.45, 2.75) is 18.8 Å². The second-order valence-electron chi connectivity index (χ2n) is 7.27. The summed E-state index contributed by atoms with van der Waals surface area (Å²) in [5, 5.41) is 2.92. The first kappa shape index (κ1) is 19.2. The van der Waals surface area contributed by atoms with E-state index in [2.05, 4.69) is 15.2 Å². The Morgan fingerprint density at radius 1 is 1.17 bits per heavy atom. The molecular formula is C21H23FN4O3. The fraction of sp³-hybridized carbons (Fsp3) is 0.381. The number of pyridine rings is 1. The van der Waals surface area contributed by atoms with Crippen LogP contribution in [0.25, 0.3) is 0 Å². The SMILES string of the molecule is COC(=O)N1CCN(c2ccc(NC(=O)C3CCc4cc(F)ccc43)cn2)CC1. The highest BCUT2D eigenvalue weighted by Gasteiger charge is 2.29. The van der Waals surface area contributed by atoms with E-state index in [1.165, 1.54) is 19.2 Å². The van der Waals surface area contributed by atoms with E-state index >= 15 is 0 Å². The monoisotopic (exact) mass is 398 g/mol. The molecule has 1 N–H and O–H groups in total. The highest BCUT2D eigenvalue weighted by Crippen LogP contribution is 2.34. The molecule has 2 heterocycles. The van der Waals surface area contributed by atoms with Gasteiger partial charge in [-0.05, 0) is 48.2 Å². The summed E-state index contributed by atoms with van der Waals surface area (Å²) in [6.45, 7) is 2.50. The lowest BCUT2D eigenvalue weighted by molar-refractivity contribution is -0.117. The molecular weight excluding hydrogens is 375 g/mol. The first-order valence-electron chi connectivity index (χ1n) is 9.68. The molecule has 0 bridgehead atoms. The predicted molar refractivity (Wildman–Crippen MR) is 107 cm³/mol. The minimum absolute atomic E-state index is 0.100. The second kappa shape index (κ2) is 8.06. The van der Waals surface area contributed by atoms with Gasteiger partial charge in [0.25, 0.3) is 0 Å². The lowest BCUT2D eigenvalue weighted by Crippen LogP contribution is -2.49. The molecule has 2 aliphatic rings. The average Bonchev–Trinajstić information content (AvgIpc) is 3.17. The highest BCUT2D eigenvalue weighted by molar-refractivity contribution is 5.96. The number of nitrogens with one attached hydrogen (secondary N) is 1. The summed E-state index contributed by atoms with van der Waals surface area (Å²) >= 11 is 0. The fourth-order valence-electron chi connectivity index (χ4n) is 3.98. The highest BCUT2D eigenvalue weighted by atomic mass is 19.1. The van der Waals surface area contributed by atoms with Gasteiger partial charge >= 0.3 is 6.09 Å². The molecule has 2 amide bonds. The molecule has 0 saturated carbocycles. The molecule has 7 nitrogen and oxygen atoms in total. The number of amides is 2. The van der Waals surface area contributed by atoms with Crippen LogP contribution in [0.5, 0.6) is 0 Å². The zero-order valence-corrected chi connectivity index (χ0v) is 16.2. The number of hydrogen-bond acceptors (Lipinski definition) is 5. The number of benzene rings is 1. The van der Waals surface area contributed by atoms with E-state index in [1.807, 2.05) is 12.1 Å². The van der Waals surface area contributed by atoms with Crippen molar-refractivity contribution in [1.82, 2.24) is 9.88 Å². The van der Waals surface area contributed by atoms with Crippen molar-refractivity contribution in [3.63, 3.8) is 0 Å². The summed E-state index contributed by atoms with van der Waals surface area (Å²) in [7, 11) is 1.38. The number of carbonyl (C=O) groups excluding carboxylic acids is 2. The van der Waals surface area contributed by atoms with Crippen LogP contribution in [0.1, 0.15) is 23.5 Å². The van der Waals surface area contributed by atoms with Gasteiger partial charge in [-0.25, -0.2) is 14.2 Å². The Bertz CT molecular complexity index is 911. The average molecular weight is 398 g/mol. The van der Waals surface area contributed by atoms with E-state index in [1.54, 1.807) is 17.2 Å². The molecule has 1 saturated heterocycles. The van der Waals surface area contributed by atoms with Crippen molar-refractivity contribution in [3.05, 3.63) is 53.5 Å². The molecule has 152 valence electrons. The van der Waals surface area contributed by atoms with Gasteiger partial charge in [0.05, 0.1) is 24.9 Å². The minimum atomic E-state index is -0.313. The van der Waals surface area contributed by atoms with Gasteiger partial charge in [-0.15, -0.1) is 0 Å². The molecule has 0 spiro atoms. The Kier molecular flexibility index (Phi) is 5.33. The number of aromatic nitrogens is 1. The number of halogens is 1. The van der Waals surface area contributed by atoms with Crippen molar-refractivity contribution in [3.8, 4) is 0 Å². The summed E-state index contributed by atoms with van der Waals surface area (Å²) in [5.41, 5.74) is 2.43. The lowest BCUT2D eigenvalue weighted by atomic mass is 10.0. The van der Waals surface area contributed by atoms with E-state index in [9.17, 15) is 14.0 Å². The van der Waals surface area contributed by atoms with Gasteiger partial charge in [-0.2, -0.15) is 0 Å². The van der Waals surface area contributed by atoms with Gasteiger partial charge in [0, 0.05) is 26.2 Å². The van der Waals surface area contributed by atoms with Gasteiger partial charge in [0.1, 0.15) is 11.6 Å². The van der Waals surface area contributed by atoms with Crippen molar-refractivity contribution in [2.24, 2.45) is 0 Å². The predicted octanol–water partition coefficient (Wildman–Crippen LogP) is 2.78. The van der Waals surface area contributed by atoms with Crippen LogP contribution in [-0.4, -0.2) is 55.2 Å². The number of carbonyl (C=O) groups is 2. The van der Waals surface area contributed by atoms with E-state index in [0.29, 0.717) is 44.7 Å². The van der Waals surface area contributed by atoms with Gasteiger partial charge in [-0.1, -0.05) is 6.07 Å². The maximum Gasteiger partial charge on any atom is 0.409 e. The molecule has 1 atom stereocenters. The summed E-state index contributed by atoms with van der Waals surface area (Å²) in [4.78, 5) is 32.5. The van der Waals surface area contributed by atoms with Crippen LogP contribution in [0.4, 0.5) is 20.7 Å². The minimum Gasteiger partial charge on any atom is -0.453 e. The molecule has 1 aromatic carbocycles. The molecule has 1 aromatic heterocycles. The molecule has 1 aliphatic heterocycles. The number of fused-ring (bicyclic) bond motifs is 1. The molecule has 1 unspecified atom stereocenters. The molecule has 8 heteroatoms. The number of piperazine rings is 1. The van der Waals surface area contributed by atoms with Crippen LogP contribution in [0.15, 0.2) is 36.5 Å². The number of hydrogen-bond donors (Lipinski definition) is 1. The van der Waals surface area contributed by atoms with Gasteiger partial charge in [0.2, 0.25) is 5.91 Å². The second-order valence-corrected chi connectivity index (χ2v) is 7.27. The van der Waals surface area contributed by atoms with Crippen LogP contribution in [-0.2, 0) is 16.0 Å². The van der Waals surface area contributed by atoms with E-state index in [4.69, 9.17) is 4.74 Å². The molecule has 1 aliphatic carbocycles. The number of anilines is 2. The third-order valence-corrected chi connectivity index (χ3v) is 5.55. The first-order valence-corrected chi connectivity index (χ1v) is 9.68. The fourth-order valence-corrected chi connectivity index (χ4v) is 3.98. The number of methoxy groups -OCH3 is 1.